The van der Waals surface area contributed by atoms with Gasteiger partial charge in [0.15, 0.2) is 0 Å². The fourth-order valence-electron chi connectivity index (χ4n) is 1.65. The van der Waals surface area contributed by atoms with Gasteiger partial charge >= 0.3 is 6.03 Å². The molecule has 0 heterocycles. The van der Waals surface area contributed by atoms with Crippen LogP contribution >= 0.6 is 0 Å². The van der Waals surface area contributed by atoms with Crippen LogP contribution in [0.2, 0.25) is 0 Å². The number of primary amides is 1. The SMILES string of the molecule is CC(C)(C)c1ccc(CN(NC(N)=O)OS(C)(=O)=O)cc1. The third-order valence-electron chi connectivity index (χ3n) is 2.61. The molecule has 0 aromatic heterocycles. The minimum absolute atomic E-state index is 0.0208. The van der Waals surface area contributed by atoms with Crippen molar-refractivity contribution in [2.45, 2.75) is 32.7 Å². The van der Waals surface area contributed by atoms with Crippen molar-refractivity contribution in [2.24, 2.45) is 5.73 Å². The van der Waals surface area contributed by atoms with Gasteiger partial charge in [-0.3, -0.25) is 0 Å². The zero-order valence-corrected chi connectivity index (χ0v) is 13.4. The highest BCUT2D eigenvalue weighted by atomic mass is 32.2. The summed E-state index contributed by atoms with van der Waals surface area (Å²) in [6.07, 6.45) is 0.880. The number of benzene rings is 1. The summed E-state index contributed by atoms with van der Waals surface area (Å²) in [4.78, 5) is 10.9. The molecule has 1 rings (SSSR count). The quantitative estimate of drug-likeness (QED) is 0.797. The molecule has 0 saturated heterocycles. The maximum absolute atomic E-state index is 11.1. The largest absolute Gasteiger partial charge is 0.350 e. The van der Waals surface area contributed by atoms with Crippen LogP contribution in [0, 0.1) is 0 Å². The lowest BCUT2D eigenvalue weighted by Gasteiger charge is -2.21. The molecule has 0 spiro atoms. The van der Waals surface area contributed by atoms with Crippen LogP contribution in [0.3, 0.4) is 0 Å². The number of rotatable bonds is 5. The van der Waals surface area contributed by atoms with Crippen LogP contribution in [0.1, 0.15) is 31.9 Å². The Hall–Kier alpha value is -1.64. The van der Waals surface area contributed by atoms with Crippen LogP contribution in [0.5, 0.6) is 0 Å². The van der Waals surface area contributed by atoms with E-state index in [4.69, 9.17) is 5.73 Å². The van der Waals surface area contributed by atoms with Crippen molar-refractivity contribution < 1.29 is 17.5 Å². The van der Waals surface area contributed by atoms with Gasteiger partial charge in [-0.25, -0.2) is 10.2 Å². The third kappa shape index (κ3) is 6.56. The summed E-state index contributed by atoms with van der Waals surface area (Å²) in [6.45, 7) is 6.32. The fourth-order valence-corrected chi connectivity index (χ4v) is 2.06. The second kappa shape index (κ2) is 6.42. The van der Waals surface area contributed by atoms with Gasteiger partial charge in [0.25, 0.3) is 10.1 Å². The van der Waals surface area contributed by atoms with Gasteiger partial charge in [-0.05, 0) is 16.5 Å². The highest BCUT2D eigenvalue weighted by molar-refractivity contribution is 7.85. The molecule has 1 aromatic carbocycles. The summed E-state index contributed by atoms with van der Waals surface area (Å²) in [5, 5.41) is 0.782. The second-order valence-corrected chi connectivity index (χ2v) is 7.30. The standard InChI is InChI=1S/C13H21N3O4S/c1-13(2,3)11-7-5-10(6-8-11)9-16(15-12(14)17)20-21(4,18)19/h5-8H,9H2,1-4H3,(H3,14,15,17). The van der Waals surface area contributed by atoms with Crippen molar-refractivity contribution in [1.29, 1.82) is 0 Å². The van der Waals surface area contributed by atoms with Gasteiger partial charge in [-0.15, -0.1) is 0 Å². The summed E-state index contributed by atoms with van der Waals surface area (Å²) in [5.41, 5.74) is 9.01. The smallest absolute Gasteiger partial charge is 0.328 e. The van der Waals surface area contributed by atoms with Gasteiger partial charge in [-0.2, -0.15) is 12.7 Å². The maximum atomic E-state index is 11.1. The first-order chi connectivity index (χ1) is 9.47. The Kier molecular flexibility index (Phi) is 5.32. The molecule has 118 valence electrons. The van der Waals surface area contributed by atoms with E-state index in [0.29, 0.717) is 0 Å². The maximum Gasteiger partial charge on any atom is 0.328 e. The normalized spacial score (nSPS) is 12.4. The molecule has 0 saturated carbocycles. The predicted molar refractivity (Wildman–Crippen MR) is 79.3 cm³/mol. The van der Waals surface area contributed by atoms with Gasteiger partial charge in [0.05, 0.1) is 12.8 Å². The average molecular weight is 315 g/mol. The highest BCUT2D eigenvalue weighted by Gasteiger charge is 2.16. The minimum Gasteiger partial charge on any atom is -0.350 e. The summed E-state index contributed by atoms with van der Waals surface area (Å²) in [7, 11) is -3.76. The summed E-state index contributed by atoms with van der Waals surface area (Å²) < 4.78 is 26.9. The molecule has 0 aliphatic carbocycles. The number of amides is 2. The van der Waals surface area contributed by atoms with E-state index in [-0.39, 0.29) is 12.0 Å². The average Bonchev–Trinajstić information content (AvgIpc) is 2.24. The van der Waals surface area contributed by atoms with Gasteiger partial charge in [0.2, 0.25) is 0 Å². The molecule has 0 unspecified atom stereocenters. The molecule has 8 heteroatoms. The first kappa shape index (κ1) is 17.4. The van der Waals surface area contributed by atoms with E-state index in [1.165, 1.54) is 0 Å². The lowest BCUT2D eigenvalue weighted by Crippen LogP contribution is -2.45. The van der Waals surface area contributed by atoms with Gasteiger partial charge in [0.1, 0.15) is 0 Å². The number of hydroxylamine groups is 1. The highest BCUT2D eigenvalue weighted by Crippen LogP contribution is 2.22. The van der Waals surface area contributed by atoms with Gasteiger partial charge in [-0.1, -0.05) is 50.2 Å². The topological polar surface area (TPSA) is 102 Å². The van der Waals surface area contributed by atoms with E-state index in [9.17, 15) is 13.2 Å². The van der Waals surface area contributed by atoms with E-state index in [2.05, 4.69) is 30.5 Å². The number of nitrogens with one attached hydrogen (secondary N) is 1. The first-order valence-electron chi connectivity index (χ1n) is 6.30. The molecule has 0 atom stereocenters. The minimum atomic E-state index is -3.76. The number of hydrazine groups is 1. The van der Waals surface area contributed by atoms with Crippen molar-refractivity contribution in [3.8, 4) is 0 Å². The van der Waals surface area contributed by atoms with E-state index in [1.807, 2.05) is 24.3 Å². The van der Waals surface area contributed by atoms with E-state index in [1.54, 1.807) is 0 Å². The van der Waals surface area contributed by atoms with E-state index >= 15 is 0 Å². The van der Waals surface area contributed by atoms with Crippen molar-refractivity contribution in [3.63, 3.8) is 0 Å². The molecule has 0 aliphatic rings. The molecule has 0 fully saturated rings. The van der Waals surface area contributed by atoms with Crippen molar-refractivity contribution in [2.75, 3.05) is 6.26 Å². The van der Waals surface area contributed by atoms with Crippen molar-refractivity contribution in [1.82, 2.24) is 10.6 Å². The Balaban J connectivity index is 2.86. The zero-order valence-electron chi connectivity index (χ0n) is 12.6. The number of carbonyl (C=O) groups is 1. The van der Waals surface area contributed by atoms with Crippen LogP contribution < -0.4 is 11.2 Å². The van der Waals surface area contributed by atoms with E-state index < -0.39 is 16.1 Å². The van der Waals surface area contributed by atoms with Gasteiger partial charge in [0, 0.05) is 0 Å². The molecule has 1 aromatic rings. The Labute approximate surface area is 125 Å². The number of carbonyl (C=O) groups excluding carboxylic acids is 1. The van der Waals surface area contributed by atoms with E-state index in [0.717, 1.165) is 22.6 Å². The first-order valence-corrected chi connectivity index (χ1v) is 8.11. The predicted octanol–water partition coefficient (Wildman–Crippen LogP) is 1.26. The summed E-state index contributed by atoms with van der Waals surface area (Å²) in [6, 6.07) is 6.64. The molecule has 2 amide bonds. The molecule has 21 heavy (non-hydrogen) atoms. The lowest BCUT2D eigenvalue weighted by molar-refractivity contribution is -0.0922. The zero-order chi connectivity index (χ0) is 16.3. The molecule has 0 aliphatic heterocycles. The Morgan fingerprint density at radius 1 is 1.29 bits per heavy atom. The number of nitrogens with zero attached hydrogens (tertiary/aromatic N) is 1. The lowest BCUT2D eigenvalue weighted by atomic mass is 9.87. The van der Waals surface area contributed by atoms with Crippen molar-refractivity contribution in [3.05, 3.63) is 35.4 Å². The number of nitrogens with two attached hydrogens (primary N) is 1. The van der Waals surface area contributed by atoms with Crippen LogP contribution in [0.4, 0.5) is 4.79 Å². The molecule has 0 radical (unpaired) electrons. The van der Waals surface area contributed by atoms with Crippen molar-refractivity contribution >= 4 is 16.1 Å². The van der Waals surface area contributed by atoms with Crippen LogP contribution in [0.25, 0.3) is 0 Å². The van der Waals surface area contributed by atoms with Crippen LogP contribution in [0.15, 0.2) is 24.3 Å². The Morgan fingerprint density at radius 2 is 1.81 bits per heavy atom. The molecule has 3 N–H and O–H groups in total. The molecule has 7 nitrogen and oxygen atoms in total. The number of hydrogen-bond donors (Lipinski definition) is 2. The molecule has 0 bridgehead atoms. The summed E-state index contributed by atoms with van der Waals surface area (Å²) >= 11 is 0. The fraction of sp³-hybridized carbons (Fsp3) is 0.462. The molecular weight excluding hydrogens is 294 g/mol. The Morgan fingerprint density at radius 3 is 2.19 bits per heavy atom. The van der Waals surface area contributed by atoms with Crippen LogP contribution in [-0.4, -0.2) is 25.9 Å². The summed E-state index contributed by atoms with van der Waals surface area (Å²) in [5.74, 6) is 0. The number of hydrogen-bond acceptors (Lipinski definition) is 5. The monoisotopic (exact) mass is 315 g/mol. The molecular formula is C13H21N3O4S. The number of urea groups is 1. The third-order valence-corrected chi connectivity index (χ3v) is 3.06. The van der Waals surface area contributed by atoms with Crippen LogP contribution in [-0.2, 0) is 26.4 Å². The Bertz CT molecular complexity index is 591. The second-order valence-electron chi connectivity index (χ2n) is 5.74. The van der Waals surface area contributed by atoms with Gasteiger partial charge < -0.3 is 5.73 Å².